The van der Waals surface area contributed by atoms with Crippen LogP contribution in [0.1, 0.15) is 48.2 Å². The molecule has 2 aliphatic carbocycles. The summed E-state index contributed by atoms with van der Waals surface area (Å²) in [4.78, 5) is 24.1. The van der Waals surface area contributed by atoms with Crippen molar-refractivity contribution in [2.24, 2.45) is 4.99 Å². The summed E-state index contributed by atoms with van der Waals surface area (Å²) in [7, 11) is 0. The molecule has 1 fully saturated rings. The third kappa shape index (κ3) is 3.36. The minimum Gasteiger partial charge on any atom is -0.332 e. The number of pyridine rings is 1. The molecule has 0 spiro atoms. The molecule has 1 aromatic heterocycles. The highest BCUT2D eigenvalue weighted by Crippen LogP contribution is 2.37. The van der Waals surface area contributed by atoms with Gasteiger partial charge in [0.1, 0.15) is 11.8 Å². The molecule has 1 saturated carbocycles. The Bertz CT molecular complexity index is 1060. The zero-order chi connectivity index (χ0) is 19.8. The average Bonchev–Trinajstić information content (AvgIpc) is 3.49. The van der Waals surface area contributed by atoms with Crippen molar-refractivity contribution >= 4 is 12.1 Å². The first-order valence-electron chi connectivity index (χ1n) is 10.2. The van der Waals surface area contributed by atoms with Crippen LogP contribution in [0.3, 0.4) is 0 Å². The quantitative estimate of drug-likeness (QED) is 0.797. The van der Waals surface area contributed by atoms with Crippen molar-refractivity contribution in [3.8, 4) is 17.2 Å². The van der Waals surface area contributed by atoms with Gasteiger partial charge < -0.3 is 4.90 Å². The molecule has 2 aromatic rings. The molecule has 5 nitrogen and oxygen atoms in total. The Hall–Kier alpha value is -3.26. The Morgan fingerprint density at radius 2 is 1.93 bits per heavy atom. The zero-order valence-corrected chi connectivity index (χ0v) is 16.2. The standard InChI is InChI=1S/C24H22N4O/c25-13-23-22(2-1-11-27-23)16-3-5-17(6-4-16)24(29)28(20-9-10-20)21-8-7-18-14-26-15-19(18)12-21/h1-6,11,15,20-21H,7-10,12,14H2. The number of aromatic nitrogens is 1. The highest BCUT2D eigenvalue weighted by Gasteiger charge is 2.39. The molecule has 3 aliphatic rings. The van der Waals surface area contributed by atoms with Crippen LogP contribution in [0.4, 0.5) is 0 Å². The van der Waals surface area contributed by atoms with Crippen LogP contribution in [0.25, 0.3) is 11.1 Å². The van der Waals surface area contributed by atoms with E-state index in [-0.39, 0.29) is 11.9 Å². The fourth-order valence-electron chi connectivity index (χ4n) is 4.48. The molecule has 1 atom stereocenters. The molecule has 1 aromatic carbocycles. The van der Waals surface area contributed by atoms with E-state index in [9.17, 15) is 10.1 Å². The number of nitrogens with zero attached hydrogens (tertiary/aromatic N) is 4. The number of nitriles is 1. The fourth-order valence-corrected chi connectivity index (χ4v) is 4.48. The van der Waals surface area contributed by atoms with Crippen molar-refractivity contribution < 1.29 is 4.79 Å². The summed E-state index contributed by atoms with van der Waals surface area (Å²) < 4.78 is 0. The average molecular weight is 382 g/mol. The molecule has 0 bridgehead atoms. The van der Waals surface area contributed by atoms with Gasteiger partial charge in [-0.3, -0.25) is 9.79 Å². The number of rotatable bonds is 4. The Labute approximate surface area is 170 Å². The van der Waals surface area contributed by atoms with Gasteiger partial charge in [0.25, 0.3) is 5.91 Å². The Morgan fingerprint density at radius 1 is 1.10 bits per heavy atom. The van der Waals surface area contributed by atoms with E-state index in [1.807, 2.05) is 42.6 Å². The highest BCUT2D eigenvalue weighted by molar-refractivity contribution is 5.95. The number of hydrogen-bond acceptors (Lipinski definition) is 4. The molecular formula is C24H22N4O. The first-order chi connectivity index (χ1) is 14.2. The van der Waals surface area contributed by atoms with Crippen molar-refractivity contribution in [2.75, 3.05) is 6.54 Å². The van der Waals surface area contributed by atoms with E-state index in [1.165, 1.54) is 11.1 Å². The van der Waals surface area contributed by atoms with Crippen molar-refractivity contribution in [3.63, 3.8) is 0 Å². The van der Waals surface area contributed by atoms with Gasteiger partial charge in [0.15, 0.2) is 0 Å². The summed E-state index contributed by atoms with van der Waals surface area (Å²) in [6.45, 7) is 0.847. The fraction of sp³-hybridized carbons (Fsp3) is 0.333. The number of hydrogen-bond donors (Lipinski definition) is 0. The summed E-state index contributed by atoms with van der Waals surface area (Å²) in [5, 5.41) is 9.29. The Kier molecular flexibility index (Phi) is 4.48. The van der Waals surface area contributed by atoms with E-state index in [1.54, 1.807) is 6.20 Å². The van der Waals surface area contributed by atoms with E-state index in [0.29, 0.717) is 17.3 Å². The van der Waals surface area contributed by atoms with Crippen LogP contribution in [0, 0.1) is 11.3 Å². The van der Waals surface area contributed by atoms with Gasteiger partial charge >= 0.3 is 0 Å². The normalized spacial score (nSPS) is 20.3. The zero-order valence-electron chi connectivity index (χ0n) is 16.2. The van der Waals surface area contributed by atoms with Crippen LogP contribution in [0.15, 0.2) is 58.7 Å². The summed E-state index contributed by atoms with van der Waals surface area (Å²) in [6.07, 6.45) is 8.83. The molecular weight excluding hydrogens is 360 g/mol. The van der Waals surface area contributed by atoms with Crippen LogP contribution >= 0.6 is 0 Å². The lowest BCUT2D eigenvalue weighted by Crippen LogP contribution is -2.43. The number of amides is 1. The molecule has 5 rings (SSSR count). The maximum Gasteiger partial charge on any atom is 0.254 e. The van der Waals surface area contributed by atoms with E-state index in [0.717, 1.165) is 49.8 Å². The van der Waals surface area contributed by atoms with E-state index < -0.39 is 0 Å². The minimum absolute atomic E-state index is 0.120. The van der Waals surface area contributed by atoms with Crippen LogP contribution in [0.2, 0.25) is 0 Å². The predicted molar refractivity (Wildman–Crippen MR) is 112 cm³/mol. The van der Waals surface area contributed by atoms with Crippen LogP contribution in [-0.4, -0.2) is 40.6 Å². The lowest BCUT2D eigenvalue weighted by Gasteiger charge is -2.35. The second-order valence-electron chi connectivity index (χ2n) is 8.03. The molecule has 29 heavy (non-hydrogen) atoms. The van der Waals surface area contributed by atoms with E-state index in [2.05, 4.69) is 20.9 Å². The smallest absolute Gasteiger partial charge is 0.254 e. The maximum atomic E-state index is 13.4. The largest absolute Gasteiger partial charge is 0.332 e. The number of benzene rings is 1. The van der Waals surface area contributed by atoms with Crippen molar-refractivity contribution in [2.45, 2.75) is 44.2 Å². The number of aliphatic imine (C=N–C) groups is 1. The third-order valence-electron chi connectivity index (χ3n) is 6.14. The van der Waals surface area contributed by atoms with Crippen LogP contribution in [0.5, 0.6) is 0 Å². The summed E-state index contributed by atoms with van der Waals surface area (Å²) in [5.74, 6) is 0.120. The molecule has 1 aliphatic heterocycles. The summed E-state index contributed by atoms with van der Waals surface area (Å²) in [5.41, 5.74) is 5.60. The summed E-state index contributed by atoms with van der Waals surface area (Å²) >= 11 is 0. The van der Waals surface area contributed by atoms with Gasteiger partial charge in [-0.15, -0.1) is 0 Å². The van der Waals surface area contributed by atoms with Gasteiger partial charge in [0.2, 0.25) is 0 Å². The number of carbonyl (C=O) groups excluding carboxylic acids is 1. The highest BCUT2D eigenvalue weighted by atomic mass is 16.2. The van der Waals surface area contributed by atoms with Gasteiger partial charge in [0, 0.05) is 35.6 Å². The second-order valence-corrected chi connectivity index (χ2v) is 8.03. The van der Waals surface area contributed by atoms with Gasteiger partial charge in [-0.1, -0.05) is 12.1 Å². The van der Waals surface area contributed by atoms with Gasteiger partial charge in [-0.05, 0) is 73.1 Å². The lowest BCUT2D eigenvalue weighted by molar-refractivity contribution is 0.0645. The number of carbonyl (C=O) groups is 1. The molecule has 0 N–H and O–H groups in total. The van der Waals surface area contributed by atoms with Crippen molar-refractivity contribution in [1.29, 1.82) is 5.26 Å². The monoisotopic (exact) mass is 382 g/mol. The van der Waals surface area contributed by atoms with E-state index in [4.69, 9.17) is 0 Å². The van der Waals surface area contributed by atoms with Gasteiger partial charge in [0.05, 0.1) is 6.54 Å². The lowest BCUT2D eigenvalue weighted by atomic mass is 9.88. The predicted octanol–water partition coefficient (Wildman–Crippen LogP) is 4.16. The molecule has 1 unspecified atom stereocenters. The maximum absolute atomic E-state index is 13.4. The minimum atomic E-state index is 0.120. The van der Waals surface area contributed by atoms with Gasteiger partial charge in [-0.25, -0.2) is 4.98 Å². The Morgan fingerprint density at radius 3 is 2.69 bits per heavy atom. The molecule has 2 heterocycles. The molecule has 1 amide bonds. The summed E-state index contributed by atoms with van der Waals surface area (Å²) in [6, 6.07) is 14.1. The van der Waals surface area contributed by atoms with Crippen molar-refractivity contribution in [3.05, 3.63) is 65.0 Å². The molecule has 144 valence electrons. The first kappa shape index (κ1) is 17.8. The second kappa shape index (κ2) is 7.29. The van der Waals surface area contributed by atoms with Gasteiger partial charge in [-0.2, -0.15) is 5.26 Å². The van der Waals surface area contributed by atoms with Crippen LogP contribution < -0.4 is 0 Å². The molecule has 5 heteroatoms. The van der Waals surface area contributed by atoms with Crippen LogP contribution in [-0.2, 0) is 0 Å². The third-order valence-corrected chi connectivity index (χ3v) is 6.14. The van der Waals surface area contributed by atoms with E-state index >= 15 is 0 Å². The molecule has 0 radical (unpaired) electrons. The topological polar surface area (TPSA) is 69.3 Å². The first-order valence-corrected chi connectivity index (χ1v) is 10.2. The molecule has 0 saturated heterocycles. The SMILES string of the molecule is N#Cc1ncccc1-c1ccc(C(=O)N(C2CC2)C2CCC3=C(C=NC3)C2)cc1. The van der Waals surface area contributed by atoms with Crippen molar-refractivity contribution in [1.82, 2.24) is 9.88 Å². The Balaban J connectivity index is 1.39.